The van der Waals surface area contributed by atoms with Crippen molar-refractivity contribution in [1.29, 1.82) is 0 Å². The molecule has 4 heteroatoms. The topological polar surface area (TPSA) is 61.3 Å². The lowest BCUT2D eigenvalue weighted by Crippen LogP contribution is -1.96. The maximum absolute atomic E-state index is 5.54. The predicted octanol–water partition coefficient (Wildman–Crippen LogP) is 1.81. The quantitative estimate of drug-likeness (QED) is 0.828. The molecule has 0 spiro atoms. The number of hydrogen-bond acceptors (Lipinski definition) is 4. The fourth-order valence-corrected chi connectivity index (χ4v) is 1.42. The van der Waals surface area contributed by atoms with Gasteiger partial charge in [-0.3, -0.25) is 0 Å². The van der Waals surface area contributed by atoms with Crippen molar-refractivity contribution >= 4 is 0 Å². The molecule has 0 aliphatic rings. The molecule has 15 heavy (non-hydrogen) atoms. The molecular formula is C11H12N2O2. The van der Waals surface area contributed by atoms with E-state index in [0.717, 1.165) is 17.0 Å². The Kier molecular flexibility index (Phi) is 2.69. The summed E-state index contributed by atoms with van der Waals surface area (Å²) in [5.74, 6) is 1.47. The van der Waals surface area contributed by atoms with E-state index in [1.165, 1.54) is 6.39 Å². The Hall–Kier alpha value is -1.81. The third kappa shape index (κ3) is 1.85. The number of rotatable bonds is 3. The zero-order valence-electron chi connectivity index (χ0n) is 8.43. The summed E-state index contributed by atoms with van der Waals surface area (Å²) in [5.41, 5.74) is 7.26. The van der Waals surface area contributed by atoms with Crippen LogP contribution in [0.15, 0.2) is 35.1 Å². The average molecular weight is 204 g/mol. The van der Waals surface area contributed by atoms with E-state index in [0.29, 0.717) is 12.3 Å². The number of benzene rings is 1. The molecule has 0 saturated heterocycles. The molecule has 2 aromatic rings. The number of methoxy groups -OCH3 is 1. The molecule has 0 atom stereocenters. The number of aromatic nitrogens is 1. The lowest BCUT2D eigenvalue weighted by Gasteiger charge is -2.02. The molecule has 0 fully saturated rings. The maximum Gasteiger partial charge on any atom is 0.181 e. The van der Waals surface area contributed by atoms with Crippen LogP contribution in [0, 0.1) is 0 Å². The van der Waals surface area contributed by atoms with Crippen LogP contribution in [0.25, 0.3) is 11.3 Å². The SMILES string of the molecule is COc1cccc(-c2ncoc2CN)c1. The molecule has 1 aromatic heterocycles. The highest BCUT2D eigenvalue weighted by molar-refractivity contribution is 5.62. The van der Waals surface area contributed by atoms with E-state index in [4.69, 9.17) is 14.9 Å². The maximum atomic E-state index is 5.54. The largest absolute Gasteiger partial charge is 0.497 e. The second-order valence-corrected chi connectivity index (χ2v) is 3.06. The Morgan fingerprint density at radius 2 is 2.33 bits per heavy atom. The van der Waals surface area contributed by atoms with Crippen molar-refractivity contribution in [2.24, 2.45) is 5.73 Å². The van der Waals surface area contributed by atoms with Gasteiger partial charge in [0.2, 0.25) is 0 Å². The number of nitrogens with two attached hydrogens (primary N) is 1. The van der Waals surface area contributed by atoms with Crippen molar-refractivity contribution in [3.63, 3.8) is 0 Å². The van der Waals surface area contributed by atoms with Crippen LogP contribution in [-0.4, -0.2) is 12.1 Å². The fraction of sp³-hybridized carbons (Fsp3) is 0.182. The van der Waals surface area contributed by atoms with Crippen molar-refractivity contribution in [2.75, 3.05) is 7.11 Å². The van der Waals surface area contributed by atoms with Gasteiger partial charge in [0.1, 0.15) is 17.2 Å². The summed E-state index contributed by atoms with van der Waals surface area (Å²) in [7, 11) is 1.63. The van der Waals surface area contributed by atoms with Gasteiger partial charge >= 0.3 is 0 Å². The second kappa shape index (κ2) is 4.14. The van der Waals surface area contributed by atoms with Crippen molar-refractivity contribution in [3.05, 3.63) is 36.4 Å². The minimum absolute atomic E-state index is 0.340. The van der Waals surface area contributed by atoms with Gasteiger partial charge < -0.3 is 14.9 Å². The first-order valence-electron chi connectivity index (χ1n) is 4.62. The molecule has 0 radical (unpaired) electrons. The first kappa shape index (κ1) is 9.73. The summed E-state index contributed by atoms with van der Waals surface area (Å²) >= 11 is 0. The highest BCUT2D eigenvalue weighted by atomic mass is 16.5. The molecule has 1 heterocycles. The van der Waals surface area contributed by atoms with E-state index in [2.05, 4.69) is 4.98 Å². The van der Waals surface area contributed by atoms with Gasteiger partial charge in [0.25, 0.3) is 0 Å². The molecule has 0 bridgehead atoms. The van der Waals surface area contributed by atoms with Crippen LogP contribution >= 0.6 is 0 Å². The van der Waals surface area contributed by atoms with Gasteiger partial charge in [-0.2, -0.15) is 0 Å². The Morgan fingerprint density at radius 3 is 3.07 bits per heavy atom. The van der Waals surface area contributed by atoms with Crippen LogP contribution in [0.4, 0.5) is 0 Å². The highest BCUT2D eigenvalue weighted by Gasteiger charge is 2.09. The zero-order chi connectivity index (χ0) is 10.7. The molecule has 1 aromatic carbocycles. The first-order chi connectivity index (χ1) is 7.35. The highest BCUT2D eigenvalue weighted by Crippen LogP contribution is 2.25. The standard InChI is InChI=1S/C11H12N2O2/c1-14-9-4-2-3-8(5-9)11-10(6-12)15-7-13-11/h2-5,7H,6,12H2,1H3. The van der Waals surface area contributed by atoms with Crippen LogP contribution in [0.5, 0.6) is 5.75 Å². The van der Waals surface area contributed by atoms with Crippen LogP contribution in [0.3, 0.4) is 0 Å². The lowest BCUT2D eigenvalue weighted by molar-refractivity contribution is 0.415. The summed E-state index contributed by atoms with van der Waals surface area (Å²) in [5, 5.41) is 0. The van der Waals surface area contributed by atoms with E-state index < -0.39 is 0 Å². The normalized spacial score (nSPS) is 10.3. The monoisotopic (exact) mass is 204 g/mol. The molecule has 0 aliphatic heterocycles. The van der Waals surface area contributed by atoms with Gasteiger partial charge in [0.05, 0.1) is 13.7 Å². The van der Waals surface area contributed by atoms with Crippen LogP contribution in [0.2, 0.25) is 0 Å². The molecule has 4 nitrogen and oxygen atoms in total. The third-order valence-corrected chi connectivity index (χ3v) is 2.17. The molecule has 2 N–H and O–H groups in total. The fourth-order valence-electron chi connectivity index (χ4n) is 1.42. The molecule has 0 aliphatic carbocycles. The predicted molar refractivity (Wildman–Crippen MR) is 56.4 cm³/mol. The number of nitrogens with zero attached hydrogens (tertiary/aromatic N) is 1. The molecule has 0 unspecified atom stereocenters. The van der Waals surface area contributed by atoms with Gasteiger partial charge in [-0.25, -0.2) is 4.98 Å². The van der Waals surface area contributed by atoms with Gasteiger partial charge in [0.15, 0.2) is 6.39 Å². The van der Waals surface area contributed by atoms with Crippen LogP contribution in [-0.2, 0) is 6.54 Å². The summed E-state index contributed by atoms with van der Waals surface area (Å²) in [4.78, 5) is 4.13. The van der Waals surface area contributed by atoms with Gasteiger partial charge in [-0.15, -0.1) is 0 Å². The van der Waals surface area contributed by atoms with Crippen molar-refractivity contribution in [3.8, 4) is 17.0 Å². The molecular weight excluding hydrogens is 192 g/mol. The average Bonchev–Trinajstić information content (AvgIpc) is 2.77. The Balaban J connectivity index is 2.44. The van der Waals surface area contributed by atoms with E-state index in [1.807, 2.05) is 24.3 Å². The third-order valence-electron chi connectivity index (χ3n) is 2.17. The summed E-state index contributed by atoms with van der Waals surface area (Å²) in [6.07, 6.45) is 1.40. The van der Waals surface area contributed by atoms with Crippen molar-refractivity contribution in [2.45, 2.75) is 6.54 Å². The minimum atomic E-state index is 0.340. The van der Waals surface area contributed by atoms with Crippen molar-refractivity contribution in [1.82, 2.24) is 4.98 Å². The Morgan fingerprint density at radius 1 is 1.47 bits per heavy atom. The van der Waals surface area contributed by atoms with Crippen molar-refractivity contribution < 1.29 is 9.15 Å². The summed E-state index contributed by atoms with van der Waals surface area (Å²) in [6.45, 7) is 0.340. The zero-order valence-corrected chi connectivity index (χ0v) is 8.43. The van der Waals surface area contributed by atoms with Gasteiger partial charge in [-0.1, -0.05) is 12.1 Å². The summed E-state index contributed by atoms with van der Waals surface area (Å²) in [6, 6.07) is 7.63. The Labute approximate surface area is 87.7 Å². The second-order valence-electron chi connectivity index (χ2n) is 3.06. The van der Waals surface area contributed by atoms with E-state index in [-0.39, 0.29) is 0 Å². The molecule has 0 amide bonds. The first-order valence-corrected chi connectivity index (χ1v) is 4.62. The smallest absolute Gasteiger partial charge is 0.181 e. The minimum Gasteiger partial charge on any atom is -0.497 e. The van der Waals surface area contributed by atoms with Gasteiger partial charge in [-0.05, 0) is 12.1 Å². The lowest BCUT2D eigenvalue weighted by atomic mass is 10.1. The molecule has 2 rings (SSSR count). The van der Waals surface area contributed by atoms with E-state index in [9.17, 15) is 0 Å². The van der Waals surface area contributed by atoms with E-state index in [1.54, 1.807) is 7.11 Å². The number of ether oxygens (including phenoxy) is 1. The molecule has 78 valence electrons. The molecule has 0 saturated carbocycles. The van der Waals surface area contributed by atoms with Gasteiger partial charge in [0, 0.05) is 5.56 Å². The summed E-state index contributed by atoms with van der Waals surface area (Å²) < 4.78 is 10.3. The van der Waals surface area contributed by atoms with E-state index >= 15 is 0 Å². The number of hydrogen-bond donors (Lipinski definition) is 1. The Bertz CT molecular complexity index is 451. The van der Waals surface area contributed by atoms with Crippen LogP contribution < -0.4 is 10.5 Å². The van der Waals surface area contributed by atoms with Crippen LogP contribution in [0.1, 0.15) is 5.76 Å². The number of oxazole rings is 1.